The fourth-order valence-corrected chi connectivity index (χ4v) is 2.32. The predicted octanol–water partition coefficient (Wildman–Crippen LogP) is 1.86. The van der Waals surface area contributed by atoms with Gasteiger partial charge in [0.05, 0.1) is 0 Å². The Morgan fingerprint density at radius 3 is 2.50 bits per heavy atom. The Hall–Kier alpha value is -0.0800. The van der Waals surface area contributed by atoms with E-state index in [2.05, 4.69) is 24.1 Å². The summed E-state index contributed by atoms with van der Waals surface area (Å²) in [5.41, 5.74) is 0. The van der Waals surface area contributed by atoms with E-state index in [4.69, 9.17) is 0 Å². The van der Waals surface area contributed by atoms with E-state index in [1.54, 1.807) is 0 Å². The standard InChI is InChI=1S/C12H24N2/c1-10(2)14(8-11-5-6-11)9-12-4-3-7-13-12/h10-13H,3-9H2,1-2H3/t12-/m0/s1. The second kappa shape index (κ2) is 4.63. The minimum atomic E-state index is 0.720. The normalized spacial score (nSPS) is 27.9. The minimum absolute atomic E-state index is 0.720. The number of hydrogen-bond donors (Lipinski definition) is 1. The first-order valence-corrected chi connectivity index (χ1v) is 6.23. The molecule has 0 aromatic heterocycles. The van der Waals surface area contributed by atoms with E-state index in [1.807, 2.05) is 0 Å². The molecule has 1 saturated carbocycles. The van der Waals surface area contributed by atoms with Crippen molar-refractivity contribution >= 4 is 0 Å². The van der Waals surface area contributed by atoms with Crippen LogP contribution in [0.4, 0.5) is 0 Å². The van der Waals surface area contributed by atoms with Crippen molar-refractivity contribution in [2.24, 2.45) is 5.92 Å². The van der Waals surface area contributed by atoms with Crippen LogP contribution in [0.15, 0.2) is 0 Å². The van der Waals surface area contributed by atoms with Crippen LogP contribution >= 0.6 is 0 Å². The summed E-state index contributed by atoms with van der Waals surface area (Å²) in [6.45, 7) is 8.51. The number of nitrogens with one attached hydrogen (secondary N) is 1. The van der Waals surface area contributed by atoms with Crippen molar-refractivity contribution in [3.05, 3.63) is 0 Å². The summed E-state index contributed by atoms with van der Waals surface area (Å²) in [6.07, 6.45) is 5.70. The maximum absolute atomic E-state index is 3.59. The third-order valence-electron chi connectivity index (χ3n) is 3.54. The molecule has 82 valence electrons. The Balaban J connectivity index is 1.76. The van der Waals surface area contributed by atoms with Crippen molar-refractivity contribution in [2.75, 3.05) is 19.6 Å². The molecular weight excluding hydrogens is 172 g/mol. The second-order valence-electron chi connectivity index (χ2n) is 5.28. The van der Waals surface area contributed by atoms with Crippen molar-refractivity contribution in [3.63, 3.8) is 0 Å². The molecule has 1 aliphatic carbocycles. The van der Waals surface area contributed by atoms with Crippen LogP contribution in [0.2, 0.25) is 0 Å². The first kappa shape index (κ1) is 10.4. The van der Waals surface area contributed by atoms with E-state index in [9.17, 15) is 0 Å². The zero-order valence-corrected chi connectivity index (χ0v) is 9.63. The molecule has 0 spiro atoms. The van der Waals surface area contributed by atoms with Gasteiger partial charge in [-0.05, 0) is 52.0 Å². The maximum Gasteiger partial charge on any atom is 0.0195 e. The van der Waals surface area contributed by atoms with Crippen LogP contribution in [-0.4, -0.2) is 36.6 Å². The molecule has 2 nitrogen and oxygen atoms in total. The topological polar surface area (TPSA) is 15.3 Å². The summed E-state index contributed by atoms with van der Waals surface area (Å²) in [5.74, 6) is 1.03. The molecule has 1 atom stereocenters. The van der Waals surface area contributed by atoms with E-state index in [-0.39, 0.29) is 0 Å². The highest BCUT2D eigenvalue weighted by Gasteiger charge is 2.27. The monoisotopic (exact) mass is 196 g/mol. The molecule has 0 amide bonds. The number of rotatable bonds is 5. The average molecular weight is 196 g/mol. The largest absolute Gasteiger partial charge is 0.313 e. The molecule has 0 radical (unpaired) electrons. The van der Waals surface area contributed by atoms with Gasteiger partial charge in [0.1, 0.15) is 0 Å². The van der Waals surface area contributed by atoms with E-state index < -0.39 is 0 Å². The van der Waals surface area contributed by atoms with Gasteiger partial charge in [-0.3, -0.25) is 4.90 Å². The van der Waals surface area contributed by atoms with Gasteiger partial charge in [-0.15, -0.1) is 0 Å². The zero-order valence-electron chi connectivity index (χ0n) is 9.63. The van der Waals surface area contributed by atoms with Gasteiger partial charge in [0.25, 0.3) is 0 Å². The molecule has 1 saturated heterocycles. The van der Waals surface area contributed by atoms with E-state index >= 15 is 0 Å². The highest BCUT2D eigenvalue weighted by molar-refractivity contribution is 4.83. The lowest BCUT2D eigenvalue weighted by molar-refractivity contribution is 0.194. The molecule has 2 fully saturated rings. The summed E-state index contributed by atoms with van der Waals surface area (Å²) in [4.78, 5) is 2.67. The van der Waals surface area contributed by atoms with Gasteiger partial charge in [-0.2, -0.15) is 0 Å². The summed E-state index contributed by atoms with van der Waals surface area (Å²) >= 11 is 0. The van der Waals surface area contributed by atoms with Crippen molar-refractivity contribution in [2.45, 2.75) is 51.6 Å². The third kappa shape index (κ3) is 2.96. The molecule has 0 aromatic carbocycles. The molecule has 2 rings (SSSR count). The molecule has 0 unspecified atom stereocenters. The average Bonchev–Trinajstić information content (AvgIpc) is 2.80. The van der Waals surface area contributed by atoms with Gasteiger partial charge in [-0.1, -0.05) is 0 Å². The summed E-state index contributed by atoms with van der Waals surface area (Å²) in [7, 11) is 0. The van der Waals surface area contributed by atoms with E-state index in [0.29, 0.717) is 0 Å². The minimum Gasteiger partial charge on any atom is -0.313 e. The van der Waals surface area contributed by atoms with Gasteiger partial charge >= 0.3 is 0 Å². The molecule has 1 aliphatic heterocycles. The quantitative estimate of drug-likeness (QED) is 0.722. The van der Waals surface area contributed by atoms with Crippen LogP contribution in [0.1, 0.15) is 39.5 Å². The molecular formula is C12H24N2. The summed E-state index contributed by atoms with van der Waals surface area (Å²) in [6, 6.07) is 1.49. The second-order valence-corrected chi connectivity index (χ2v) is 5.28. The maximum atomic E-state index is 3.59. The lowest BCUT2D eigenvalue weighted by Gasteiger charge is -2.29. The first-order chi connectivity index (χ1) is 6.75. The van der Waals surface area contributed by atoms with E-state index in [1.165, 1.54) is 45.3 Å². The lowest BCUT2D eigenvalue weighted by Crippen LogP contribution is -2.42. The Labute approximate surface area is 88.1 Å². The Morgan fingerprint density at radius 2 is 2.00 bits per heavy atom. The third-order valence-corrected chi connectivity index (χ3v) is 3.54. The van der Waals surface area contributed by atoms with Crippen LogP contribution < -0.4 is 5.32 Å². The fraction of sp³-hybridized carbons (Fsp3) is 1.00. The molecule has 0 bridgehead atoms. The first-order valence-electron chi connectivity index (χ1n) is 6.23. The SMILES string of the molecule is CC(C)N(CC1CC1)C[C@@H]1CCCN1. The fourth-order valence-electron chi connectivity index (χ4n) is 2.32. The highest BCUT2D eigenvalue weighted by atomic mass is 15.2. The lowest BCUT2D eigenvalue weighted by atomic mass is 10.2. The van der Waals surface area contributed by atoms with Crippen LogP contribution in [0.25, 0.3) is 0 Å². The number of hydrogen-bond acceptors (Lipinski definition) is 2. The van der Waals surface area contributed by atoms with Crippen molar-refractivity contribution < 1.29 is 0 Å². The van der Waals surface area contributed by atoms with E-state index in [0.717, 1.165) is 18.0 Å². The van der Waals surface area contributed by atoms with Crippen molar-refractivity contribution in [3.8, 4) is 0 Å². The zero-order chi connectivity index (χ0) is 9.97. The van der Waals surface area contributed by atoms with Crippen LogP contribution in [-0.2, 0) is 0 Å². The predicted molar refractivity (Wildman–Crippen MR) is 60.5 cm³/mol. The summed E-state index contributed by atoms with van der Waals surface area (Å²) in [5, 5.41) is 3.59. The number of nitrogens with zero attached hydrogens (tertiary/aromatic N) is 1. The van der Waals surface area contributed by atoms with Crippen molar-refractivity contribution in [1.82, 2.24) is 10.2 Å². The molecule has 2 heteroatoms. The highest BCUT2D eigenvalue weighted by Crippen LogP contribution is 2.30. The van der Waals surface area contributed by atoms with Gasteiger partial charge in [0.15, 0.2) is 0 Å². The molecule has 14 heavy (non-hydrogen) atoms. The van der Waals surface area contributed by atoms with Crippen LogP contribution in [0.5, 0.6) is 0 Å². The molecule has 1 heterocycles. The van der Waals surface area contributed by atoms with Gasteiger partial charge in [0, 0.05) is 25.2 Å². The van der Waals surface area contributed by atoms with Crippen LogP contribution in [0.3, 0.4) is 0 Å². The molecule has 0 aromatic rings. The Morgan fingerprint density at radius 1 is 1.21 bits per heavy atom. The summed E-state index contributed by atoms with van der Waals surface area (Å²) < 4.78 is 0. The Kier molecular flexibility index (Phi) is 3.45. The van der Waals surface area contributed by atoms with Crippen molar-refractivity contribution in [1.29, 1.82) is 0 Å². The smallest absolute Gasteiger partial charge is 0.0195 e. The van der Waals surface area contributed by atoms with Gasteiger partial charge in [0.2, 0.25) is 0 Å². The Bertz CT molecular complexity index is 169. The molecule has 2 aliphatic rings. The molecule has 1 N–H and O–H groups in total. The van der Waals surface area contributed by atoms with Gasteiger partial charge in [-0.25, -0.2) is 0 Å². The van der Waals surface area contributed by atoms with Crippen LogP contribution in [0, 0.1) is 5.92 Å². The van der Waals surface area contributed by atoms with Gasteiger partial charge < -0.3 is 5.32 Å².